The molecule has 1 aliphatic rings. The molecule has 1 aromatic carbocycles. The number of halogens is 2. The molecule has 0 bridgehead atoms. The van der Waals surface area contributed by atoms with Crippen LogP contribution >= 0.6 is 27.3 Å². The van der Waals surface area contributed by atoms with Crippen LogP contribution in [0.3, 0.4) is 0 Å². The lowest BCUT2D eigenvalue weighted by molar-refractivity contribution is 0.581. The van der Waals surface area contributed by atoms with Crippen molar-refractivity contribution in [1.29, 1.82) is 0 Å². The first-order chi connectivity index (χ1) is 8.65. The largest absolute Gasteiger partial charge is 0.342 e. The number of fused-ring (bicyclic) bond motifs is 1. The summed E-state index contributed by atoms with van der Waals surface area (Å²) in [7, 11) is 0. The van der Waals surface area contributed by atoms with Gasteiger partial charge in [-0.25, -0.2) is 4.39 Å². The highest BCUT2D eigenvalue weighted by atomic mass is 79.9. The van der Waals surface area contributed by atoms with Gasteiger partial charge in [-0.15, -0.1) is 10.2 Å². The molecule has 0 fully saturated rings. The number of benzene rings is 1. The van der Waals surface area contributed by atoms with Gasteiger partial charge in [0, 0.05) is 18.7 Å². The van der Waals surface area contributed by atoms with Crippen LogP contribution in [0.4, 0.5) is 9.52 Å². The van der Waals surface area contributed by atoms with Gasteiger partial charge < -0.3 is 4.90 Å². The van der Waals surface area contributed by atoms with Gasteiger partial charge in [0.05, 0.1) is 4.47 Å². The number of hydrogen-bond donors (Lipinski definition) is 0. The molecule has 2 aromatic rings. The fraction of sp³-hybridized carbons (Fsp3) is 0.333. The quantitative estimate of drug-likeness (QED) is 0.804. The van der Waals surface area contributed by atoms with Gasteiger partial charge in [-0.3, -0.25) is 0 Å². The lowest BCUT2D eigenvalue weighted by Gasteiger charge is -2.28. The minimum absolute atomic E-state index is 0.154. The Kier molecular flexibility index (Phi) is 3.07. The number of rotatable bonds is 1. The van der Waals surface area contributed by atoms with E-state index in [4.69, 9.17) is 0 Å². The topological polar surface area (TPSA) is 29.0 Å². The zero-order valence-corrected chi connectivity index (χ0v) is 12.2. The Bertz CT molecular complexity index is 599. The van der Waals surface area contributed by atoms with Crippen molar-refractivity contribution in [1.82, 2.24) is 10.2 Å². The third kappa shape index (κ3) is 2.03. The second kappa shape index (κ2) is 4.59. The van der Waals surface area contributed by atoms with Crippen LogP contribution in [0.2, 0.25) is 0 Å². The molecule has 1 aromatic heterocycles. The third-order valence-electron chi connectivity index (χ3n) is 3.08. The summed E-state index contributed by atoms with van der Waals surface area (Å²) in [5.41, 5.74) is 1.86. The molecule has 94 valence electrons. The van der Waals surface area contributed by atoms with E-state index in [9.17, 15) is 4.39 Å². The van der Waals surface area contributed by atoms with E-state index in [1.165, 1.54) is 0 Å². The first kappa shape index (κ1) is 12.0. The highest BCUT2D eigenvalue weighted by Crippen LogP contribution is 2.30. The average Bonchev–Trinajstić information content (AvgIpc) is 2.80. The molecule has 0 saturated carbocycles. The van der Waals surface area contributed by atoms with Gasteiger partial charge in [-0.05, 0) is 40.9 Å². The van der Waals surface area contributed by atoms with E-state index in [1.807, 2.05) is 13.0 Å². The Hall–Kier alpha value is -1.01. The molecule has 2 heterocycles. The summed E-state index contributed by atoms with van der Waals surface area (Å²) in [6, 6.07) is 3.77. The maximum Gasteiger partial charge on any atom is 0.208 e. The van der Waals surface area contributed by atoms with Crippen molar-refractivity contribution in [2.45, 2.75) is 19.9 Å². The van der Waals surface area contributed by atoms with E-state index >= 15 is 0 Å². The van der Waals surface area contributed by atoms with Gasteiger partial charge in [-0.1, -0.05) is 17.4 Å². The molecule has 0 N–H and O–H groups in total. The van der Waals surface area contributed by atoms with Crippen molar-refractivity contribution in [3.63, 3.8) is 0 Å². The van der Waals surface area contributed by atoms with Gasteiger partial charge in [-0.2, -0.15) is 0 Å². The van der Waals surface area contributed by atoms with E-state index in [0.29, 0.717) is 11.0 Å². The molecular formula is C12H11BrFN3S. The normalized spacial score (nSPS) is 14.7. The Labute approximate surface area is 117 Å². The minimum Gasteiger partial charge on any atom is -0.342 e. The van der Waals surface area contributed by atoms with Gasteiger partial charge in [0.25, 0.3) is 0 Å². The fourth-order valence-electron chi connectivity index (χ4n) is 2.14. The molecule has 0 aliphatic carbocycles. The maximum atomic E-state index is 14.1. The zero-order valence-electron chi connectivity index (χ0n) is 9.78. The number of hydrogen-bond acceptors (Lipinski definition) is 4. The summed E-state index contributed by atoms with van der Waals surface area (Å²) in [6.45, 7) is 3.36. The van der Waals surface area contributed by atoms with Crippen molar-refractivity contribution >= 4 is 32.4 Å². The van der Waals surface area contributed by atoms with E-state index in [1.54, 1.807) is 17.4 Å². The predicted molar refractivity (Wildman–Crippen MR) is 73.5 cm³/mol. The summed E-state index contributed by atoms with van der Waals surface area (Å²) in [5.74, 6) is -0.154. The van der Waals surface area contributed by atoms with Gasteiger partial charge >= 0.3 is 0 Å². The molecule has 18 heavy (non-hydrogen) atoms. The summed E-state index contributed by atoms with van der Waals surface area (Å²) < 4.78 is 14.6. The van der Waals surface area contributed by atoms with Crippen molar-refractivity contribution in [2.75, 3.05) is 11.4 Å². The molecule has 0 radical (unpaired) electrons. The van der Waals surface area contributed by atoms with Crippen LogP contribution in [0.5, 0.6) is 0 Å². The predicted octanol–water partition coefficient (Wildman–Crippen LogP) is 3.31. The molecule has 0 unspecified atom stereocenters. The molecule has 3 nitrogen and oxygen atoms in total. The molecule has 3 rings (SSSR count). The highest BCUT2D eigenvalue weighted by molar-refractivity contribution is 9.10. The Balaban J connectivity index is 1.95. The molecule has 1 aliphatic heterocycles. The van der Waals surface area contributed by atoms with Crippen LogP contribution in [0.15, 0.2) is 16.6 Å². The summed E-state index contributed by atoms with van der Waals surface area (Å²) >= 11 is 4.78. The Morgan fingerprint density at radius 2 is 2.22 bits per heavy atom. The SMILES string of the molecule is Cc1nnc(N2CCc3ccc(Br)c(F)c3C2)s1. The standard InChI is InChI=1S/C12H11BrFN3S/c1-7-15-16-12(18-7)17-5-4-8-2-3-10(13)11(14)9(8)6-17/h2-3H,4-6H2,1H3. The second-order valence-corrected chi connectivity index (χ2v) is 6.29. The monoisotopic (exact) mass is 327 g/mol. The highest BCUT2D eigenvalue weighted by Gasteiger charge is 2.22. The molecule has 0 saturated heterocycles. The van der Waals surface area contributed by atoms with Crippen LogP contribution in [0, 0.1) is 12.7 Å². The van der Waals surface area contributed by atoms with Gasteiger partial charge in [0.1, 0.15) is 10.8 Å². The number of aryl methyl sites for hydroxylation is 1. The van der Waals surface area contributed by atoms with E-state index in [0.717, 1.165) is 34.2 Å². The van der Waals surface area contributed by atoms with Crippen molar-refractivity contribution in [3.05, 3.63) is 38.6 Å². The number of aromatic nitrogens is 2. The maximum absolute atomic E-state index is 14.1. The first-order valence-corrected chi connectivity index (χ1v) is 7.27. The van der Waals surface area contributed by atoms with Crippen molar-refractivity contribution in [3.8, 4) is 0 Å². The molecule has 6 heteroatoms. The fourth-order valence-corrected chi connectivity index (χ4v) is 3.22. The number of anilines is 1. The average molecular weight is 328 g/mol. The van der Waals surface area contributed by atoms with Crippen LogP contribution in [-0.2, 0) is 13.0 Å². The lowest BCUT2D eigenvalue weighted by Crippen LogP contribution is -2.31. The number of nitrogens with zero attached hydrogens (tertiary/aromatic N) is 3. The smallest absolute Gasteiger partial charge is 0.208 e. The van der Waals surface area contributed by atoms with Gasteiger partial charge in [0.2, 0.25) is 5.13 Å². The van der Waals surface area contributed by atoms with Crippen LogP contribution in [0.25, 0.3) is 0 Å². The first-order valence-electron chi connectivity index (χ1n) is 5.66. The Morgan fingerprint density at radius 1 is 1.39 bits per heavy atom. The molecule has 0 amide bonds. The van der Waals surface area contributed by atoms with Crippen LogP contribution in [-0.4, -0.2) is 16.7 Å². The molecule has 0 spiro atoms. The van der Waals surface area contributed by atoms with Gasteiger partial charge in [0.15, 0.2) is 0 Å². The second-order valence-electron chi connectivity index (χ2n) is 4.27. The van der Waals surface area contributed by atoms with E-state index < -0.39 is 0 Å². The lowest BCUT2D eigenvalue weighted by atomic mass is 10.00. The Morgan fingerprint density at radius 3 is 2.94 bits per heavy atom. The zero-order chi connectivity index (χ0) is 12.7. The van der Waals surface area contributed by atoms with E-state index in [2.05, 4.69) is 31.0 Å². The summed E-state index contributed by atoms with van der Waals surface area (Å²) in [4.78, 5) is 2.09. The third-order valence-corrected chi connectivity index (χ3v) is 4.59. The van der Waals surface area contributed by atoms with Crippen molar-refractivity contribution in [2.24, 2.45) is 0 Å². The van der Waals surface area contributed by atoms with Crippen LogP contribution in [0.1, 0.15) is 16.1 Å². The van der Waals surface area contributed by atoms with Crippen molar-refractivity contribution < 1.29 is 4.39 Å². The van der Waals surface area contributed by atoms with E-state index in [-0.39, 0.29) is 5.82 Å². The minimum atomic E-state index is -0.154. The molecule has 0 atom stereocenters. The van der Waals surface area contributed by atoms with Crippen LogP contribution < -0.4 is 4.90 Å². The summed E-state index contributed by atoms with van der Waals surface area (Å²) in [5, 5.41) is 9.94. The molecular weight excluding hydrogens is 317 g/mol. The summed E-state index contributed by atoms with van der Waals surface area (Å²) in [6.07, 6.45) is 0.845.